The summed E-state index contributed by atoms with van der Waals surface area (Å²) in [6, 6.07) is 19.3. The number of fused-ring (bicyclic) bond motifs is 1. The van der Waals surface area contributed by atoms with Crippen LogP contribution in [0.1, 0.15) is 35.7 Å². The Hall–Kier alpha value is -2.32. The van der Waals surface area contributed by atoms with Crippen molar-refractivity contribution in [3.8, 4) is 0 Å². The summed E-state index contributed by atoms with van der Waals surface area (Å²) in [6.07, 6.45) is 3.44. The highest BCUT2D eigenvalue weighted by molar-refractivity contribution is 6.36. The highest BCUT2D eigenvalue weighted by Gasteiger charge is 2.11. The van der Waals surface area contributed by atoms with Gasteiger partial charge in [-0.1, -0.05) is 61.3 Å². The van der Waals surface area contributed by atoms with Crippen LogP contribution in [0.4, 0.5) is 5.69 Å². The molecular formula is C21H20ClNO. The number of hydrogen-bond donors (Lipinski definition) is 1. The van der Waals surface area contributed by atoms with Crippen LogP contribution in [-0.2, 0) is 6.42 Å². The largest absolute Gasteiger partial charge is 0.322 e. The average molecular weight is 338 g/mol. The first kappa shape index (κ1) is 16.5. The van der Waals surface area contributed by atoms with Gasteiger partial charge in [-0.15, -0.1) is 0 Å². The number of carbonyl (C=O) groups is 1. The van der Waals surface area contributed by atoms with Crippen LogP contribution in [0.5, 0.6) is 0 Å². The van der Waals surface area contributed by atoms with Crippen molar-refractivity contribution in [3.05, 3.63) is 76.8 Å². The fourth-order valence-corrected chi connectivity index (χ4v) is 3.04. The van der Waals surface area contributed by atoms with Crippen molar-refractivity contribution in [1.29, 1.82) is 0 Å². The fraction of sp³-hybridized carbons (Fsp3) is 0.190. The number of rotatable bonds is 5. The standard InChI is InChI=1S/C21H20ClNO/c1-2-3-6-15-11-13-16(14-12-15)23-21(24)19-9-4-8-18-17(19)7-5-10-20(18)22/h4-5,7-14H,2-3,6H2,1H3,(H,23,24). The molecule has 1 amide bonds. The second-order valence-electron chi connectivity index (χ2n) is 5.90. The molecule has 3 heteroatoms. The Bertz CT molecular complexity index is 855. The molecular weight excluding hydrogens is 318 g/mol. The Morgan fingerprint density at radius 1 is 0.958 bits per heavy atom. The Morgan fingerprint density at radius 3 is 2.42 bits per heavy atom. The van der Waals surface area contributed by atoms with Gasteiger partial charge in [0.2, 0.25) is 0 Å². The maximum Gasteiger partial charge on any atom is 0.256 e. The minimum absolute atomic E-state index is 0.121. The summed E-state index contributed by atoms with van der Waals surface area (Å²) in [5.41, 5.74) is 2.73. The normalized spacial score (nSPS) is 10.8. The average Bonchev–Trinajstić information content (AvgIpc) is 2.61. The second-order valence-corrected chi connectivity index (χ2v) is 6.30. The zero-order valence-electron chi connectivity index (χ0n) is 13.7. The van der Waals surface area contributed by atoms with Crippen LogP contribution >= 0.6 is 11.6 Å². The first-order valence-electron chi connectivity index (χ1n) is 8.26. The van der Waals surface area contributed by atoms with E-state index >= 15 is 0 Å². The van der Waals surface area contributed by atoms with Gasteiger partial charge in [0.05, 0.1) is 0 Å². The molecule has 0 aromatic heterocycles. The summed E-state index contributed by atoms with van der Waals surface area (Å²) >= 11 is 6.22. The molecule has 0 aliphatic rings. The van der Waals surface area contributed by atoms with Crippen molar-refractivity contribution < 1.29 is 4.79 Å². The minimum Gasteiger partial charge on any atom is -0.322 e. The predicted octanol–water partition coefficient (Wildman–Crippen LogP) is 6.09. The van der Waals surface area contributed by atoms with Gasteiger partial charge < -0.3 is 5.32 Å². The molecule has 0 fully saturated rings. The van der Waals surface area contributed by atoms with E-state index < -0.39 is 0 Å². The number of benzene rings is 3. The Morgan fingerprint density at radius 2 is 1.67 bits per heavy atom. The summed E-state index contributed by atoms with van der Waals surface area (Å²) in [5.74, 6) is -0.121. The van der Waals surface area contributed by atoms with E-state index in [-0.39, 0.29) is 5.91 Å². The van der Waals surface area contributed by atoms with Crippen molar-refractivity contribution in [2.45, 2.75) is 26.2 Å². The molecule has 122 valence electrons. The predicted molar refractivity (Wildman–Crippen MR) is 102 cm³/mol. The van der Waals surface area contributed by atoms with E-state index in [0.29, 0.717) is 10.6 Å². The number of halogens is 1. The SMILES string of the molecule is CCCCc1ccc(NC(=O)c2cccc3c(Cl)cccc23)cc1. The van der Waals surface area contributed by atoms with E-state index in [0.717, 1.165) is 22.9 Å². The molecule has 1 N–H and O–H groups in total. The van der Waals surface area contributed by atoms with Gasteiger partial charge in [-0.3, -0.25) is 4.79 Å². The van der Waals surface area contributed by atoms with E-state index in [1.807, 2.05) is 48.5 Å². The van der Waals surface area contributed by atoms with Crippen molar-refractivity contribution in [3.63, 3.8) is 0 Å². The fourth-order valence-electron chi connectivity index (χ4n) is 2.80. The molecule has 2 nitrogen and oxygen atoms in total. The molecule has 0 atom stereocenters. The third-order valence-corrected chi connectivity index (χ3v) is 4.47. The Balaban J connectivity index is 1.81. The number of hydrogen-bond acceptors (Lipinski definition) is 1. The summed E-state index contributed by atoms with van der Waals surface area (Å²) in [6.45, 7) is 2.19. The van der Waals surface area contributed by atoms with Gasteiger partial charge in [-0.2, -0.15) is 0 Å². The lowest BCUT2D eigenvalue weighted by Gasteiger charge is -2.09. The molecule has 0 saturated heterocycles. The van der Waals surface area contributed by atoms with Crippen LogP contribution in [0.15, 0.2) is 60.7 Å². The van der Waals surface area contributed by atoms with Crippen molar-refractivity contribution >= 4 is 34.0 Å². The minimum atomic E-state index is -0.121. The number of carbonyl (C=O) groups excluding carboxylic acids is 1. The number of anilines is 1. The number of aryl methyl sites for hydroxylation is 1. The zero-order valence-corrected chi connectivity index (χ0v) is 14.4. The lowest BCUT2D eigenvalue weighted by Crippen LogP contribution is -2.12. The zero-order chi connectivity index (χ0) is 16.9. The molecule has 3 aromatic rings. The quantitative estimate of drug-likeness (QED) is 0.599. The summed E-state index contributed by atoms with van der Waals surface area (Å²) in [4.78, 5) is 12.6. The molecule has 0 spiro atoms. The number of amides is 1. The smallest absolute Gasteiger partial charge is 0.256 e. The van der Waals surface area contributed by atoms with E-state index in [9.17, 15) is 4.79 Å². The highest BCUT2D eigenvalue weighted by Crippen LogP contribution is 2.26. The van der Waals surface area contributed by atoms with E-state index in [2.05, 4.69) is 24.4 Å². The molecule has 0 bridgehead atoms. The van der Waals surface area contributed by atoms with E-state index in [1.165, 1.54) is 18.4 Å². The molecule has 0 saturated carbocycles. The Labute approximate surface area is 147 Å². The van der Waals surface area contributed by atoms with Gasteiger partial charge in [0.25, 0.3) is 5.91 Å². The first-order valence-corrected chi connectivity index (χ1v) is 8.64. The van der Waals surface area contributed by atoms with E-state index in [1.54, 1.807) is 0 Å². The summed E-state index contributed by atoms with van der Waals surface area (Å²) in [7, 11) is 0. The summed E-state index contributed by atoms with van der Waals surface area (Å²) in [5, 5.41) is 5.38. The maximum absolute atomic E-state index is 12.6. The van der Waals surface area contributed by atoms with Gasteiger partial charge in [0, 0.05) is 21.7 Å². The first-order chi connectivity index (χ1) is 11.7. The van der Waals surface area contributed by atoms with Gasteiger partial charge in [-0.05, 0) is 48.1 Å². The van der Waals surface area contributed by atoms with Crippen LogP contribution in [0, 0.1) is 0 Å². The van der Waals surface area contributed by atoms with Crippen molar-refractivity contribution in [2.24, 2.45) is 0 Å². The van der Waals surface area contributed by atoms with E-state index in [4.69, 9.17) is 11.6 Å². The van der Waals surface area contributed by atoms with Gasteiger partial charge in [-0.25, -0.2) is 0 Å². The van der Waals surface area contributed by atoms with Crippen molar-refractivity contribution in [2.75, 3.05) is 5.32 Å². The van der Waals surface area contributed by atoms with Crippen LogP contribution in [0.25, 0.3) is 10.8 Å². The maximum atomic E-state index is 12.6. The molecule has 0 radical (unpaired) electrons. The molecule has 3 aromatic carbocycles. The lowest BCUT2D eigenvalue weighted by atomic mass is 10.0. The van der Waals surface area contributed by atoms with Crippen LogP contribution in [0.2, 0.25) is 5.02 Å². The molecule has 3 rings (SSSR count). The van der Waals surface area contributed by atoms with Crippen LogP contribution < -0.4 is 5.32 Å². The summed E-state index contributed by atoms with van der Waals surface area (Å²) < 4.78 is 0. The van der Waals surface area contributed by atoms with Crippen LogP contribution in [-0.4, -0.2) is 5.91 Å². The number of unbranched alkanes of at least 4 members (excludes halogenated alkanes) is 1. The second kappa shape index (κ2) is 7.50. The third kappa shape index (κ3) is 3.60. The molecule has 0 aliphatic heterocycles. The van der Waals surface area contributed by atoms with Crippen LogP contribution in [0.3, 0.4) is 0 Å². The molecule has 0 unspecified atom stereocenters. The highest BCUT2D eigenvalue weighted by atomic mass is 35.5. The Kier molecular flexibility index (Phi) is 5.17. The molecule has 24 heavy (non-hydrogen) atoms. The topological polar surface area (TPSA) is 29.1 Å². The monoisotopic (exact) mass is 337 g/mol. The van der Waals surface area contributed by atoms with Gasteiger partial charge >= 0.3 is 0 Å². The third-order valence-electron chi connectivity index (χ3n) is 4.14. The molecule has 0 heterocycles. The van der Waals surface area contributed by atoms with Gasteiger partial charge in [0.1, 0.15) is 0 Å². The number of nitrogens with one attached hydrogen (secondary N) is 1. The van der Waals surface area contributed by atoms with Gasteiger partial charge in [0.15, 0.2) is 0 Å². The lowest BCUT2D eigenvalue weighted by molar-refractivity contribution is 0.102. The molecule has 0 aliphatic carbocycles. The van der Waals surface area contributed by atoms with Crippen molar-refractivity contribution in [1.82, 2.24) is 0 Å².